The van der Waals surface area contributed by atoms with E-state index in [4.69, 9.17) is 4.74 Å². The van der Waals surface area contributed by atoms with E-state index in [1.54, 1.807) is 23.1 Å². The Bertz CT molecular complexity index is 778. The van der Waals surface area contributed by atoms with Gasteiger partial charge in [0.05, 0.1) is 29.4 Å². The van der Waals surface area contributed by atoms with Crippen molar-refractivity contribution in [2.45, 2.75) is 44.6 Å². The zero-order chi connectivity index (χ0) is 16.8. The van der Waals surface area contributed by atoms with Crippen molar-refractivity contribution in [3.8, 4) is 5.88 Å². The maximum absolute atomic E-state index is 13.0. The molecule has 2 aromatic heterocycles. The van der Waals surface area contributed by atoms with Gasteiger partial charge in [-0.15, -0.1) is 11.3 Å². The maximum Gasteiger partial charge on any atom is 0.273 e. The van der Waals surface area contributed by atoms with E-state index in [0.717, 1.165) is 41.5 Å². The number of hydrogen-bond donors (Lipinski definition) is 0. The SMILES string of the molecule is COc1c(C2CCCN2C(=O)c2csc(C3CC3)n2)c(C)nn1C. The number of carbonyl (C=O) groups excluding carboxylic acids is 1. The fourth-order valence-corrected chi connectivity index (χ4v) is 4.60. The summed E-state index contributed by atoms with van der Waals surface area (Å²) in [4.78, 5) is 19.5. The standard InChI is InChI=1S/C17H22N4O2S/c1-10-14(17(23-3)20(2)19-10)13-5-4-8-21(13)16(22)12-9-24-15(18-12)11-6-7-11/h9,11,13H,4-8H2,1-3H3. The fourth-order valence-electron chi connectivity index (χ4n) is 3.64. The minimum absolute atomic E-state index is 0.0206. The molecule has 2 fully saturated rings. The Morgan fingerprint density at radius 1 is 1.38 bits per heavy atom. The van der Waals surface area contributed by atoms with E-state index in [0.29, 0.717) is 11.6 Å². The fraction of sp³-hybridized carbons (Fsp3) is 0.588. The molecule has 3 heterocycles. The number of aryl methyl sites for hydroxylation is 2. The minimum atomic E-state index is 0.0206. The van der Waals surface area contributed by atoms with Gasteiger partial charge < -0.3 is 9.64 Å². The highest BCUT2D eigenvalue weighted by Gasteiger charge is 2.36. The molecule has 1 saturated carbocycles. The molecule has 7 heteroatoms. The molecule has 0 radical (unpaired) electrons. The summed E-state index contributed by atoms with van der Waals surface area (Å²) in [6.45, 7) is 2.74. The lowest BCUT2D eigenvalue weighted by molar-refractivity contribution is 0.0728. The predicted octanol–water partition coefficient (Wildman–Crippen LogP) is 3.05. The van der Waals surface area contributed by atoms with Crippen LogP contribution in [-0.4, -0.2) is 39.2 Å². The Morgan fingerprint density at radius 2 is 2.17 bits per heavy atom. The highest BCUT2D eigenvalue weighted by Crippen LogP contribution is 2.42. The van der Waals surface area contributed by atoms with Crippen molar-refractivity contribution in [3.05, 3.63) is 27.3 Å². The van der Waals surface area contributed by atoms with Gasteiger partial charge in [0.2, 0.25) is 5.88 Å². The van der Waals surface area contributed by atoms with Crippen molar-refractivity contribution < 1.29 is 9.53 Å². The summed E-state index contributed by atoms with van der Waals surface area (Å²) >= 11 is 1.62. The van der Waals surface area contributed by atoms with Gasteiger partial charge in [0, 0.05) is 24.9 Å². The average Bonchev–Trinajstić information content (AvgIpc) is 3.00. The van der Waals surface area contributed by atoms with Crippen LogP contribution in [0.2, 0.25) is 0 Å². The number of thiazole rings is 1. The molecule has 1 saturated heterocycles. The molecule has 1 atom stereocenters. The third-order valence-corrected chi connectivity index (χ3v) is 5.93. The molecule has 2 aliphatic rings. The van der Waals surface area contributed by atoms with Crippen molar-refractivity contribution in [2.75, 3.05) is 13.7 Å². The Labute approximate surface area is 145 Å². The molecule has 1 amide bonds. The first-order valence-electron chi connectivity index (χ1n) is 8.44. The summed E-state index contributed by atoms with van der Waals surface area (Å²) in [6, 6.07) is 0.0206. The molecule has 0 bridgehead atoms. The third kappa shape index (κ3) is 2.51. The number of nitrogens with zero attached hydrogens (tertiary/aromatic N) is 4. The second-order valence-corrected chi connectivity index (χ2v) is 7.52. The van der Waals surface area contributed by atoms with Gasteiger partial charge in [-0.25, -0.2) is 9.67 Å². The normalized spacial score (nSPS) is 20.6. The summed E-state index contributed by atoms with van der Waals surface area (Å²) < 4.78 is 7.29. The highest BCUT2D eigenvalue weighted by molar-refractivity contribution is 7.10. The van der Waals surface area contributed by atoms with Gasteiger partial charge in [-0.2, -0.15) is 5.10 Å². The molecule has 6 nitrogen and oxygen atoms in total. The number of amides is 1. The topological polar surface area (TPSA) is 60.2 Å². The van der Waals surface area contributed by atoms with Gasteiger partial charge in [0.1, 0.15) is 5.69 Å². The Hall–Kier alpha value is -1.89. The zero-order valence-electron chi connectivity index (χ0n) is 14.3. The first-order valence-corrected chi connectivity index (χ1v) is 9.32. The van der Waals surface area contributed by atoms with Crippen molar-refractivity contribution in [2.24, 2.45) is 7.05 Å². The number of hydrogen-bond acceptors (Lipinski definition) is 5. The van der Waals surface area contributed by atoms with E-state index in [9.17, 15) is 4.79 Å². The van der Waals surface area contributed by atoms with Gasteiger partial charge >= 0.3 is 0 Å². The number of rotatable bonds is 4. The largest absolute Gasteiger partial charge is 0.481 e. The van der Waals surface area contributed by atoms with Gasteiger partial charge in [0.15, 0.2) is 0 Å². The van der Waals surface area contributed by atoms with E-state index >= 15 is 0 Å². The van der Waals surface area contributed by atoms with Gasteiger partial charge in [-0.1, -0.05) is 0 Å². The first kappa shape index (κ1) is 15.6. The van der Waals surface area contributed by atoms with E-state index in [1.165, 1.54) is 12.8 Å². The summed E-state index contributed by atoms with van der Waals surface area (Å²) in [5.74, 6) is 1.37. The summed E-state index contributed by atoms with van der Waals surface area (Å²) in [5, 5.41) is 7.50. The van der Waals surface area contributed by atoms with Gasteiger partial charge in [-0.3, -0.25) is 4.79 Å². The number of likely N-dealkylation sites (tertiary alicyclic amines) is 1. The quantitative estimate of drug-likeness (QED) is 0.854. The third-order valence-electron chi connectivity index (χ3n) is 4.92. The molecule has 128 valence electrons. The molecular weight excluding hydrogens is 324 g/mol. The van der Waals surface area contributed by atoms with Crippen LogP contribution in [0.3, 0.4) is 0 Å². The molecule has 24 heavy (non-hydrogen) atoms. The average molecular weight is 346 g/mol. The first-order chi connectivity index (χ1) is 11.6. The number of aromatic nitrogens is 3. The molecule has 2 aromatic rings. The van der Waals surface area contributed by atoms with Crippen molar-refractivity contribution >= 4 is 17.2 Å². The monoisotopic (exact) mass is 346 g/mol. The lowest BCUT2D eigenvalue weighted by atomic mass is 10.0. The van der Waals surface area contributed by atoms with Crippen molar-refractivity contribution in [1.29, 1.82) is 0 Å². The Morgan fingerprint density at radius 3 is 2.88 bits per heavy atom. The zero-order valence-corrected chi connectivity index (χ0v) is 15.1. The smallest absolute Gasteiger partial charge is 0.273 e. The second-order valence-electron chi connectivity index (χ2n) is 6.63. The van der Waals surface area contributed by atoms with Gasteiger partial charge in [0.25, 0.3) is 5.91 Å². The number of methoxy groups -OCH3 is 1. The van der Waals surface area contributed by atoms with Crippen LogP contribution < -0.4 is 4.74 Å². The Balaban J connectivity index is 1.63. The molecular formula is C17H22N4O2S. The molecule has 0 aromatic carbocycles. The molecule has 1 aliphatic heterocycles. The Kier molecular flexibility index (Phi) is 3.83. The lowest BCUT2D eigenvalue weighted by Crippen LogP contribution is -2.31. The number of carbonyl (C=O) groups is 1. The minimum Gasteiger partial charge on any atom is -0.481 e. The van der Waals surface area contributed by atoms with Crippen LogP contribution in [0.1, 0.15) is 64.4 Å². The van der Waals surface area contributed by atoms with Crippen LogP contribution >= 0.6 is 11.3 Å². The van der Waals surface area contributed by atoms with Gasteiger partial charge in [-0.05, 0) is 32.6 Å². The molecule has 1 aliphatic carbocycles. The maximum atomic E-state index is 13.0. The number of ether oxygens (including phenoxy) is 1. The molecule has 1 unspecified atom stereocenters. The second kappa shape index (κ2) is 5.88. The van der Waals surface area contributed by atoms with Crippen LogP contribution in [0.25, 0.3) is 0 Å². The summed E-state index contributed by atoms with van der Waals surface area (Å²) in [6.07, 6.45) is 4.35. The van der Waals surface area contributed by atoms with Crippen LogP contribution in [0.5, 0.6) is 5.88 Å². The van der Waals surface area contributed by atoms with E-state index in [-0.39, 0.29) is 11.9 Å². The summed E-state index contributed by atoms with van der Waals surface area (Å²) in [5.41, 5.74) is 2.55. The van der Waals surface area contributed by atoms with E-state index in [1.807, 2.05) is 24.3 Å². The molecule has 4 rings (SSSR count). The van der Waals surface area contributed by atoms with Crippen LogP contribution in [0.15, 0.2) is 5.38 Å². The summed E-state index contributed by atoms with van der Waals surface area (Å²) in [7, 11) is 3.53. The van der Waals surface area contributed by atoms with Crippen LogP contribution in [-0.2, 0) is 7.05 Å². The van der Waals surface area contributed by atoms with E-state index in [2.05, 4.69) is 10.1 Å². The van der Waals surface area contributed by atoms with E-state index < -0.39 is 0 Å². The molecule has 0 spiro atoms. The predicted molar refractivity (Wildman–Crippen MR) is 91.6 cm³/mol. The van der Waals surface area contributed by atoms with Crippen LogP contribution in [0, 0.1) is 6.92 Å². The van der Waals surface area contributed by atoms with Crippen molar-refractivity contribution in [3.63, 3.8) is 0 Å². The van der Waals surface area contributed by atoms with Crippen LogP contribution in [0.4, 0.5) is 0 Å². The molecule has 0 N–H and O–H groups in total. The lowest BCUT2D eigenvalue weighted by Gasteiger charge is -2.24. The van der Waals surface area contributed by atoms with Crippen molar-refractivity contribution in [1.82, 2.24) is 19.7 Å². The highest BCUT2D eigenvalue weighted by atomic mass is 32.1.